The maximum absolute atomic E-state index is 13.0. The summed E-state index contributed by atoms with van der Waals surface area (Å²) in [4.78, 5) is 19.1. The quantitative estimate of drug-likeness (QED) is 0.803. The zero-order chi connectivity index (χ0) is 16.7. The van der Waals surface area contributed by atoms with Crippen molar-refractivity contribution in [2.24, 2.45) is 11.8 Å². The second-order valence-electron chi connectivity index (χ2n) is 6.33. The summed E-state index contributed by atoms with van der Waals surface area (Å²) in [5.74, 6) is 1.71. The summed E-state index contributed by atoms with van der Waals surface area (Å²) in [6, 6.07) is 8.08. The van der Waals surface area contributed by atoms with Gasteiger partial charge in [0.2, 0.25) is 0 Å². The topological polar surface area (TPSA) is 80.5 Å². The van der Waals surface area contributed by atoms with Gasteiger partial charge >= 0.3 is 0 Å². The molecule has 6 nitrogen and oxygen atoms in total. The number of hydrogen-bond acceptors (Lipinski definition) is 6. The number of carbonyl (C=O) groups is 1. The molecule has 0 saturated carbocycles. The Labute approximate surface area is 168 Å². The first-order chi connectivity index (χ1) is 11.7. The van der Waals surface area contributed by atoms with Crippen LogP contribution in [-0.2, 0) is 0 Å². The van der Waals surface area contributed by atoms with E-state index in [1.54, 1.807) is 12.5 Å². The highest BCUT2D eigenvalue weighted by molar-refractivity contribution is 7.13. The highest BCUT2D eigenvalue weighted by Gasteiger charge is 2.47. The number of likely N-dealkylation sites (tertiary alicyclic amines) is 1. The number of methoxy groups -OCH3 is 1. The Morgan fingerprint density at radius 2 is 2.04 bits per heavy atom. The van der Waals surface area contributed by atoms with Gasteiger partial charge in [-0.15, -0.1) is 36.2 Å². The van der Waals surface area contributed by atoms with Crippen molar-refractivity contribution in [3.05, 3.63) is 40.9 Å². The van der Waals surface area contributed by atoms with Gasteiger partial charge in [0.1, 0.15) is 11.4 Å². The van der Waals surface area contributed by atoms with Crippen molar-refractivity contribution in [2.45, 2.75) is 6.04 Å². The fourth-order valence-corrected chi connectivity index (χ4v) is 4.43. The lowest BCUT2D eigenvalue weighted by Crippen LogP contribution is -2.34. The number of nitrogens with two attached hydrogens (primary N) is 1. The van der Waals surface area contributed by atoms with E-state index < -0.39 is 0 Å². The van der Waals surface area contributed by atoms with Crippen molar-refractivity contribution in [2.75, 3.05) is 32.5 Å². The Bertz CT molecular complexity index is 755. The molecule has 4 rings (SSSR count). The number of halogens is 2. The van der Waals surface area contributed by atoms with E-state index in [-0.39, 0.29) is 36.8 Å². The van der Waals surface area contributed by atoms with Crippen LogP contribution in [0.3, 0.4) is 0 Å². The van der Waals surface area contributed by atoms with E-state index in [0.717, 1.165) is 30.9 Å². The maximum Gasteiger partial charge on any atom is 0.273 e. The number of aromatic nitrogens is 1. The number of hydrogen-bond donors (Lipinski definition) is 2. The van der Waals surface area contributed by atoms with Gasteiger partial charge in [0, 0.05) is 30.9 Å². The average molecular weight is 417 g/mol. The van der Waals surface area contributed by atoms with Crippen LogP contribution in [0.15, 0.2) is 29.6 Å². The zero-order valence-corrected chi connectivity index (χ0v) is 16.7. The van der Waals surface area contributed by atoms with E-state index in [2.05, 4.69) is 22.4 Å². The van der Waals surface area contributed by atoms with Crippen molar-refractivity contribution in [3.63, 3.8) is 0 Å². The third-order valence-corrected chi connectivity index (χ3v) is 5.70. The van der Waals surface area contributed by atoms with Crippen LogP contribution in [0.5, 0.6) is 5.75 Å². The van der Waals surface area contributed by atoms with Gasteiger partial charge in [-0.05, 0) is 23.6 Å². The first-order valence-corrected chi connectivity index (χ1v) is 8.92. The third-order valence-electron chi connectivity index (χ3n) is 5.02. The minimum atomic E-state index is -0.0295. The van der Waals surface area contributed by atoms with Crippen LogP contribution in [0.4, 0.5) is 5.13 Å². The molecule has 0 spiro atoms. The number of nitrogens with one attached hydrogen (secondary N) is 1. The number of nitrogens with zero attached hydrogens (tertiary/aromatic N) is 2. The molecule has 2 saturated heterocycles. The average Bonchev–Trinajstić information content (AvgIpc) is 3.29. The molecule has 1 aromatic carbocycles. The van der Waals surface area contributed by atoms with Crippen LogP contribution in [0.2, 0.25) is 0 Å². The van der Waals surface area contributed by atoms with Gasteiger partial charge in [-0.3, -0.25) is 4.79 Å². The van der Waals surface area contributed by atoms with E-state index in [1.165, 1.54) is 11.3 Å². The molecule has 0 bridgehead atoms. The zero-order valence-electron chi connectivity index (χ0n) is 14.3. The Kier molecular flexibility index (Phi) is 6.74. The molecule has 0 unspecified atom stereocenters. The first kappa shape index (κ1) is 20.8. The summed E-state index contributed by atoms with van der Waals surface area (Å²) in [7, 11) is 1.66. The molecule has 0 radical (unpaired) electrons. The highest BCUT2D eigenvalue weighted by atomic mass is 35.5. The summed E-state index contributed by atoms with van der Waals surface area (Å²) >= 11 is 1.31. The molecule has 1 amide bonds. The summed E-state index contributed by atoms with van der Waals surface area (Å²) in [6.45, 7) is 2.65. The smallest absolute Gasteiger partial charge is 0.273 e. The molecule has 2 aliphatic heterocycles. The van der Waals surface area contributed by atoms with Crippen LogP contribution in [0, 0.1) is 11.8 Å². The van der Waals surface area contributed by atoms with Crippen LogP contribution in [-0.4, -0.2) is 42.5 Å². The van der Waals surface area contributed by atoms with Crippen LogP contribution in [0.25, 0.3) is 0 Å². The summed E-state index contributed by atoms with van der Waals surface area (Å²) in [6.07, 6.45) is 0. The predicted molar refractivity (Wildman–Crippen MR) is 108 cm³/mol. The monoisotopic (exact) mass is 416 g/mol. The molecule has 3 N–H and O–H groups in total. The van der Waals surface area contributed by atoms with E-state index >= 15 is 0 Å². The maximum atomic E-state index is 13.0. The molecule has 2 aromatic rings. The van der Waals surface area contributed by atoms with Gasteiger partial charge in [0.25, 0.3) is 5.91 Å². The lowest BCUT2D eigenvalue weighted by Gasteiger charge is -2.28. The van der Waals surface area contributed by atoms with Gasteiger partial charge in [-0.25, -0.2) is 4.98 Å². The fraction of sp³-hybridized carbons (Fsp3) is 0.412. The largest absolute Gasteiger partial charge is 0.497 e. The SMILES string of the molecule is COc1ccc([C@H]2[C@H]3CNC[C@H]3CN2C(=O)c2csc(N)n2)cc1.Cl.Cl. The Hall–Kier alpha value is -1.54. The number of nitrogen functional groups attached to an aromatic ring is 1. The van der Waals surface area contributed by atoms with Gasteiger partial charge in [0.05, 0.1) is 13.2 Å². The molecule has 1 aromatic heterocycles. The first-order valence-electron chi connectivity index (χ1n) is 8.04. The number of carbonyl (C=O) groups excluding carboxylic acids is 1. The molecule has 2 aliphatic rings. The number of thiazole rings is 1. The number of fused-ring (bicyclic) bond motifs is 1. The van der Waals surface area contributed by atoms with E-state index in [4.69, 9.17) is 10.5 Å². The van der Waals surface area contributed by atoms with Crippen molar-refractivity contribution >= 4 is 47.2 Å². The van der Waals surface area contributed by atoms with Gasteiger partial charge in [-0.1, -0.05) is 12.1 Å². The standard InChI is InChI=1S/C17H20N4O2S.2ClH/c1-23-12-4-2-10(3-5-12)15-13-7-19-6-11(13)8-21(15)16(22)14-9-24-17(18)20-14;;/h2-5,9,11,13,15,19H,6-8H2,1H3,(H2,18,20);2*1H/t11-,13-,15-;;/m0../s1. The molecular formula is C17H22Cl2N4O2S. The Morgan fingerprint density at radius 3 is 2.65 bits per heavy atom. The van der Waals surface area contributed by atoms with Crippen LogP contribution < -0.4 is 15.8 Å². The minimum absolute atomic E-state index is 0. The molecule has 2 fully saturated rings. The van der Waals surface area contributed by atoms with Crippen LogP contribution >= 0.6 is 36.2 Å². The van der Waals surface area contributed by atoms with Gasteiger partial charge in [0.15, 0.2) is 5.13 Å². The number of anilines is 1. The normalized spacial score (nSPS) is 23.7. The van der Waals surface area contributed by atoms with Crippen molar-refractivity contribution in [1.29, 1.82) is 0 Å². The fourth-order valence-electron chi connectivity index (χ4n) is 3.89. The minimum Gasteiger partial charge on any atom is -0.497 e. The summed E-state index contributed by atoms with van der Waals surface area (Å²) in [5.41, 5.74) is 7.29. The van der Waals surface area contributed by atoms with E-state index in [9.17, 15) is 4.79 Å². The second kappa shape index (κ2) is 8.43. The Morgan fingerprint density at radius 1 is 1.31 bits per heavy atom. The molecule has 0 aliphatic carbocycles. The predicted octanol–water partition coefficient (Wildman–Crippen LogP) is 2.61. The van der Waals surface area contributed by atoms with E-state index in [0.29, 0.717) is 22.7 Å². The Balaban J connectivity index is 0.00000121. The molecule has 9 heteroatoms. The summed E-state index contributed by atoms with van der Waals surface area (Å²) in [5, 5.41) is 5.63. The molecule has 142 valence electrons. The number of rotatable bonds is 3. The molecule has 26 heavy (non-hydrogen) atoms. The number of benzene rings is 1. The van der Waals surface area contributed by atoms with Crippen molar-refractivity contribution < 1.29 is 9.53 Å². The van der Waals surface area contributed by atoms with Crippen molar-refractivity contribution in [3.8, 4) is 5.75 Å². The van der Waals surface area contributed by atoms with Gasteiger partial charge < -0.3 is 20.7 Å². The van der Waals surface area contributed by atoms with Crippen molar-refractivity contribution in [1.82, 2.24) is 15.2 Å². The molecular weight excluding hydrogens is 395 g/mol. The molecule has 3 atom stereocenters. The third kappa shape index (κ3) is 3.62. The lowest BCUT2D eigenvalue weighted by atomic mass is 9.89. The lowest BCUT2D eigenvalue weighted by molar-refractivity contribution is 0.0709. The van der Waals surface area contributed by atoms with E-state index in [1.807, 2.05) is 17.0 Å². The van der Waals surface area contributed by atoms with Gasteiger partial charge in [-0.2, -0.15) is 0 Å². The molecule has 3 heterocycles. The summed E-state index contributed by atoms with van der Waals surface area (Å²) < 4.78 is 5.25. The number of ether oxygens (including phenoxy) is 1. The highest BCUT2D eigenvalue weighted by Crippen LogP contribution is 2.43. The second-order valence-corrected chi connectivity index (χ2v) is 7.22. The van der Waals surface area contributed by atoms with Crippen LogP contribution in [0.1, 0.15) is 22.1 Å². The number of amides is 1.